The summed E-state index contributed by atoms with van der Waals surface area (Å²) in [5, 5.41) is 67.3. The lowest BCUT2D eigenvalue weighted by Crippen LogP contribution is -2.71. The minimum absolute atomic E-state index is 0.139. The number of phenolic OH excluding ortho intramolecular Hbond substituents is 5. The third-order valence-corrected chi connectivity index (χ3v) is 11.2. The van der Waals surface area contributed by atoms with Crippen molar-refractivity contribution < 1.29 is 49.8 Å². The van der Waals surface area contributed by atoms with Crippen LogP contribution in [0.3, 0.4) is 0 Å². The number of β-lactam (4-membered cyclic amide) rings is 1. The summed E-state index contributed by atoms with van der Waals surface area (Å²) in [6.45, 7) is 0. The quantitative estimate of drug-likeness (QED) is 0.0818. The molecule has 0 bridgehead atoms. The van der Waals surface area contributed by atoms with E-state index in [-0.39, 0.29) is 33.2 Å². The number of hydrazone groups is 1. The van der Waals surface area contributed by atoms with Crippen LogP contribution in [-0.2, 0) is 14.4 Å². The van der Waals surface area contributed by atoms with Crippen LogP contribution >= 0.6 is 34.0 Å². The average Bonchev–Trinajstić information content (AvgIpc) is 3.42. The fourth-order valence-electron chi connectivity index (χ4n) is 4.57. The maximum Gasteiger partial charge on any atom is 0.352 e. The number of amides is 3. The Kier molecular flexibility index (Phi) is 8.57. The van der Waals surface area contributed by atoms with Gasteiger partial charge in [0.05, 0.1) is 11.1 Å². The molecule has 2 aromatic carbocycles. The molecular weight excluding hydrogens is 639 g/mol. The summed E-state index contributed by atoms with van der Waals surface area (Å²) in [7, 11) is -0.223. The van der Waals surface area contributed by atoms with E-state index in [4.69, 9.17) is 0 Å². The summed E-state index contributed by atoms with van der Waals surface area (Å²) in [4.78, 5) is 53.2. The second-order valence-electron chi connectivity index (χ2n) is 9.62. The molecule has 1 fully saturated rings. The third-order valence-electron chi connectivity index (χ3n) is 6.82. The number of aliphatic carboxylic acids is 1. The van der Waals surface area contributed by atoms with Gasteiger partial charge in [0.1, 0.15) is 33.2 Å². The van der Waals surface area contributed by atoms with E-state index in [0.29, 0.717) is 17.4 Å². The molecule has 0 radical (unpaired) electrons. The standard InChI is InChI=1S/C26H25N5O10S3/c1-44-9-27-30-26(44)43-8-11-7-42-24-16(23(39)31(24)17(11)25(40)41)29-22(38)15(10-2-4-12(32)5-3-10)28-21(37)13-6-14(33)19(35)20(36)18(13)34/h2-6,9,15-16,24,30,32-36H,7-8H2,1H3,(H,28,37)(H,29,38)(H,40,41)/t15?,16?,24-,44?/m0/s1. The van der Waals surface area contributed by atoms with E-state index in [9.17, 15) is 49.8 Å². The average molecular weight is 664 g/mol. The molecule has 44 heavy (non-hydrogen) atoms. The Labute approximate surface area is 259 Å². The van der Waals surface area contributed by atoms with E-state index in [2.05, 4.69) is 21.2 Å². The Bertz CT molecular complexity index is 1680. The molecule has 15 nitrogen and oxygen atoms in total. The zero-order valence-corrected chi connectivity index (χ0v) is 25.0. The zero-order valence-electron chi connectivity index (χ0n) is 22.5. The number of carboxylic acids is 1. The van der Waals surface area contributed by atoms with Crippen molar-refractivity contribution in [2.45, 2.75) is 17.5 Å². The van der Waals surface area contributed by atoms with Crippen LogP contribution in [0.1, 0.15) is 22.0 Å². The minimum atomic E-state index is -1.52. The van der Waals surface area contributed by atoms with E-state index in [1.165, 1.54) is 47.8 Å². The molecule has 0 aromatic heterocycles. The number of carboxylic acid groups (broad SMARTS) is 1. The van der Waals surface area contributed by atoms with Gasteiger partial charge in [-0.3, -0.25) is 24.7 Å². The van der Waals surface area contributed by atoms with Crippen LogP contribution in [0.4, 0.5) is 0 Å². The molecule has 18 heteroatoms. The normalized spacial score (nSPS) is 21.3. The highest BCUT2D eigenvalue weighted by atomic mass is 32.2. The Hall–Kier alpha value is -4.55. The molecule has 2 aromatic rings. The van der Waals surface area contributed by atoms with Gasteiger partial charge in [0.25, 0.3) is 11.8 Å². The molecule has 0 aliphatic carbocycles. The van der Waals surface area contributed by atoms with Crippen molar-refractivity contribution >= 4 is 67.6 Å². The van der Waals surface area contributed by atoms with Crippen molar-refractivity contribution in [3.8, 4) is 28.7 Å². The van der Waals surface area contributed by atoms with Crippen LogP contribution in [-0.4, -0.2) is 98.3 Å². The van der Waals surface area contributed by atoms with Crippen molar-refractivity contribution in [1.29, 1.82) is 0 Å². The maximum absolute atomic E-state index is 13.5. The fraction of sp³-hybridized carbons (Fsp3) is 0.231. The Balaban J connectivity index is 1.36. The summed E-state index contributed by atoms with van der Waals surface area (Å²) >= 11 is 2.67. The number of benzene rings is 2. The van der Waals surface area contributed by atoms with Gasteiger partial charge in [0.15, 0.2) is 11.5 Å². The van der Waals surface area contributed by atoms with Gasteiger partial charge in [-0.05, 0) is 29.5 Å². The Morgan fingerprint density at radius 1 is 1.14 bits per heavy atom. The van der Waals surface area contributed by atoms with Gasteiger partial charge in [-0.1, -0.05) is 23.9 Å². The predicted molar refractivity (Wildman–Crippen MR) is 164 cm³/mol. The summed E-state index contributed by atoms with van der Waals surface area (Å²) in [5.74, 6) is -7.68. The van der Waals surface area contributed by atoms with Gasteiger partial charge in [-0.2, -0.15) is 5.10 Å². The highest BCUT2D eigenvalue weighted by molar-refractivity contribution is 8.39. The molecule has 0 saturated carbocycles. The number of phenols is 5. The Morgan fingerprint density at radius 3 is 2.48 bits per heavy atom. The summed E-state index contributed by atoms with van der Waals surface area (Å²) in [5.41, 5.74) is 4.51. The van der Waals surface area contributed by atoms with Gasteiger partial charge in [0.2, 0.25) is 17.4 Å². The number of carbonyl (C=O) groups is 4. The maximum atomic E-state index is 13.5. The summed E-state index contributed by atoms with van der Waals surface area (Å²) in [6.07, 6.45) is 1.96. The smallest absolute Gasteiger partial charge is 0.352 e. The highest BCUT2D eigenvalue weighted by Gasteiger charge is 2.54. The molecule has 232 valence electrons. The predicted octanol–water partition coefficient (Wildman–Crippen LogP) is 0.690. The molecule has 4 atom stereocenters. The second kappa shape index (κ2) is 12.2. The van der Waals surface area contributed by atoms with Crippen molar-refractivity contribution in [2.75, 3.05) is 17.8 Å². The van der Waals surface area contributed by atoms with Gasteiger partial charge in [-0.25, -0.2) is 4.79 Å². The first-order valence-corrected chi connectivity index (χ1v) is 16.3. The monoisotopic (exact) mass is 663 g/mol. The van der Waals surface area contributed by atoms with Crippen LogP contribution in [0.15, 0.2) is 46.7 Å². The lowest BCUT2D eigenvalue weighted by molar-refractivity contribution is -0.151. The SMILES string of the molecule is CS1=C(SCC2=C(C(=O)O)N3C(=O)C(NC(=O)C(NC(=O)c4cc(O)c(O)c(O)c4O)c4ccc(O)cc4)[C@@H]3SC2)NN=C1. The first kappa shape index (κ1) is 30.9. The number of hydrogen-bond acceptors (Lipinski definition) is 13. The van der Waals surface area contributed by atoms with Crippen LogP contribution in [0.5, 0.6) is 28.7 Å². The Morgan fingerprint density at radius 2 is 1.84 bits per heavy atom. The van der Waals surface area contributed by atoms with Crippen LogP contribution in [0.25, 0.3) is 0 Å². The molecule has 3 amide bonds. The molecule has 9 N–H and O–H groups in total. The molecule has 3 aliphatic heterocycles. The van der Waals surface area contributed by atoms with Crippen LogP contribution in [0.2, 0.25) is 0 Å². The van der Waals surface area contributed by atoms with Crippen molar-refractivity contribution in [3.63, 3.8) is 0 Å². The molecule has 0 spiro atoms. The molecule has 3 unspecified atom stereocenters. The van der Waals surface area contributed by atoms with Gasteiger partial charge < -0.3 is 41.3 Å². The first-order valence-electron chi connectivity index (χ1n) is 12.6. The molecule has 5 rings (SSSR count). The topological polar surface area (TPSA) is 241 Å². The minimum Gasteiger partial charge on any atom is -0.508 e. The lowest BCUT2D eigenvalue weighted by Gasteiger charge is -2.49. The summed E-state index contributed by atoms with van der Waals surface area (Å²) in [6, 6.07) is 3.19. The molecule has 3 heterocycles. The first-order chi connectivity index (χ1) is 20.9. The van der Waals surface area contributed by atoms with E-state index in [1.54, 1.807) is 5.55 Å². The van der Waals surface area contributed by atoms with Gasteiger partial charge in [0, 0.05) is 17.6 Å². The van der Waals surface area contributed by atoms with Gasteiger partial charge in [-0.15, -0.1) is 22.2 Å². The van der Waals surface area contributed by atoms with Crippen molar-refractivity contribution in [2.24, 2.45) is 5.10 Å². The number of carbonyl (C=O) groups excluding carboxylic acids is 3. The van der Waals surface area contributed by atoms with E-state index >= 15 is 0 Å². The fourth-order valence-corrected chi connectivity index (χ4v) is 8.26. The summed E-state index contributed by atoms with van der Waals surface area (Å²) < 4.78 is 0.878. The van der Waals surface area contributed by atoms with Crippen LogP contribution in [0, 0.1) is 0 Å². The number of fused-ring (bicyclic) bond motifs is 1. The molecule has 3 aliphatic rings. The van der Waals surface area contributed by atoms with Crippen molar-refractivity contribution in [3.05, 3.63) is 52.7 Å². The number of hydrogen-bond donors (Lipinski definition) is 9. The number of thioether (sulfide) groups is 2. The van der Waals surface area contributed by atoms with Crippen molar-refractivity contribution in [1.82, 2.24) is 21.0 Å². The number of aromatic hydroxyl groups is 5. The second-order valence-corrected chi connectivity index (χ2v) is 13.7. The van der Waals surface area contributed by atoms with Gasteiger partial charge >= 0.3 is 5.97 Å². The van der Waals surface area contributed by atoms with Crippen LogP contribution < -0.4 is 16.1 Å². The number of rotatable bonds is 8. The molecular formula is C26H25N5O10S3. The van der Waals surface area contributed by atoms with E-state index in [1.807, 2.05) is 6.26 Å². The number of nitrogens with one attached hydrogen (secondary N) is 3. The molecule has 1 saturated heterocycles. The highest BCUT2D eigenvalue weighted by Crippen LogP contribution is 2.44. The lowest BCUT2D eigenvalue weighted by atomic mass is 10.0. The third kappa shape index (κ3) is 5.70. The zero-order chi connectivity index (χ0) is 31.9. The van der Waals surface area contributed by atoms with E-state index in [0.717, 1.165) is 9.22 Å². The number of nitrogens with zero attached hydrogens (tertiary/aromatic N) is 2. The van der Waals surface area contributed by atoms with E-state index < -0.39 is 69.7 Å². The largest absolute Gasteiger partial charge is 0.508 e.